The van der Waals surface area contributed by atoms with Crippen molar-refractivity contribution < 1.29 is 9.59 Å². The van der Waals surface area contributed by atoms with Gasteiger partial charge in [0.2, 0.25) is 5.91 Å². The Morgan fingerprint density at radius 1 is 1.08 bits per heavy atom. The van der Waals surface area contributed by atoms with Crippen LogP contribution in [0.5, 0.6) is 0 Å². The number of benzene rings is 1. The number of nitrogens with one attached hydrogen (secondary N) is 1. The maximum Gasteiger partial charge on any atom is 0.270 e. The second-order valence-electron chi connectivity index (χ2n) is 8.11. The molecule has 26 heavy (non-hydrogen) atoms. The minimum Gasteiger partial charge on any atom is -0.350 e. The van der Waals surface area contributed by atoms with Gasteiger partial charge in [0.05, 0.1) is 0 Å². The molecule has 0 spiro atoms. The summed E-state index contributed by atoms with van der Waals surface area (Å²) in [5.41, 5.74) is 5.17. The summed E-state index contributed by atoms with van der Waals surface area (Å²) in [5, 5.41) is 1.14. The Balaban J connectivity index is 1.70. The summed E-state index contributed by atoms with van der Waals surface area (Å²) in [6.07, 6.45) is 2.08. The van der Waals surface area contributed by atoms with Crippen molar-refractivity contribution in [2.75, 3.05) is 19.6 Å². The number of fused-ring (bicyclic) bond motifs is 5. The number of aromatic nitrogens is 1. The second-order valence-corrected chi connectivity index (χ2v) is 8.11. The molecule has 2 aromatic rings. The molecule has 0 saturated carbocycles. The largest absolute Gasteiger partial charge is 0.350 e. The van der Waals surface area contributed by atoms with Crippen molar-refractivity contribution in [3.8, 4) is 0 Å². The molecule has 3 saturated heterocycles. The Kier molecular flexibility index (Phi) is 4.05. The van der Waals surface area contributed by atoms with E-state index in [9.17, 15) is 9.59 Å². The van der Waals surface area contributed by atoms with Crippen molar-refractivity contribution >= 4 is 22.7 Å². The average Bonchev–Trinajstić information content (AvgIpc) is 2.77. The SMILES string of the molecule is CC(=O)N1CC2CCC(C1)N(C(=O)c1[nH]c3c(C)cc(C)cc3c1C)C2. The smallest absolute Gasteiger partial charge is 0.270 e. The van der Waals surface area contributed by atoms with Gasteiger partial charge in [0.25, 0.3) is 5.91 Å². The zero-order valence-electron chi connectivity index (χ0n) is 16.1. The lowest BCUT2D eigenvalue weighted by Gasteiger charge is -2.36. The van der Waals surface area contributed by atoms with E-state index in [1.165, 1.54) is 11.1 Å². The first-order chi connectivity index (χ1) is 12.3. The van der Waals surface area contributed by atoms with Gasteiger partial charge in [-0.25, -0.2) is 0 Å². The molecule has 1 N–H and O–H groups in total. The van der Waals surface area contributed by atoms with Crippen LogP contribution in [0, 0.1) is 26.7 Å². The van der Waals surface area contributed by atoms with Gasteiger partial charge in [-0.05, 0) is 56.7 Å². The van der Waals surface area contributed by atoms with Crippen LogP contribution in [-0.2, 0) is 4.79 Å². The van der Waals surface area contributed by atoms with Gasteiger partial charge in [-0.2, -0.15) is 0 Å². The number of carbonyl (C=O) groups excluding carboxylic acids is 2. The van der Waals surface area contributed by atoms with Crippen LogP contribution >= 0.6 is 0 Å². The van der Waals surface area contributed by atoms with Crippen LogP contribution in [0.1, 0.15) is 46.9 Å². The Bertz CT molecular complexity index is 898. The van der Waals surface area contributed by atoms with Crippen LogP contribution in [0.2, 0.25) is 0 Å². The standard InChI is InChI=1S/C21H27N3O2/c1-12-7-13(2)19-18(8-12)14(3)20(22-19)21(26)24-10-16-5-6-17(24)11-23(9-16)15(4)25/h7-8,16-17,22H,5-6,9-11H2,1-4H3. The number of carbonyl (C=O) groups is 2. The number of aryl methyl sites for hydroxylation is 3. The number of aromatic amines is 1. The zero-order valence-corrected chi connectivity index (χ0v) is 16.1. The molecule has 1 aromatic carbocycles. The van der Waals surface area contributed by atoms with Gasteiger partial charge in [-0.1, -0.05) is 11.6 Å². The van der Waals surface area contributed by atoms with Crippen molar-refractivity contribution in [1.82, 2.24) is 14.8 Å². The fourth-order valence-corrected chi connectivity index (χ4v) is 4.73. The molecule has 3 aliphatic heterocycles. The third-order valence-corrected chi connectivity index (χ3v) is 6.14. The molecule has 2 unspecified atom stereocenters. The summed E-state index contributed by atoms with van der Waals surface area (Å²) in [7, 11) is 0. The van der Waals surface area contributed by atoms with Gasteiger partial charge in [-0.15, -0.1) is 0 Å². The van der Waals surface area contributed by atoms with Gasteiger partial charge in [0, 0.05) is 43.5 Å². The zero-order chi connectivity index (χ0) is 18.6. The van der Waals surface area contributed by atoms with Crippen LogP contribution in [-0.4, -0.2) is 52.3 Å². The summed E-state index contributed by atoms with van der Waals surface area (Å²) in [5.74, 6) is 0.579. The van der Waals surface area contributed by atoms with Gasteiger partial charge in [0.15, 0.2) is 0 Å². The fourth-order valence-electron chi connectivity index (χ4n) is 4.73. The number of H-pyrrole nitrogens is 1. The lowest BCUT2D eigenvalue weighted by molar-refractivity contribution is -0.129. The molecule has 5 heteroatoms. The van der Waals surface area contributed by atoms with Crippen LogP contribution < -0.4 is 0 Å². The Labute approximate surface area is 154 Å². The highest BCUT2D eigenvalue weighted by atomic mass is 16.2. The summed E-state index contributed by atoms with van der Waals surface area (Å²) in [6.45, 7) is 10.0. The molecular formula is C21H27N3O2. The maximum absolute atomic E-state index is 13.4. The van der Waals surface area contributed by atoms with Gasteiger partial charge in [-0.3, -0.25) is 9.59 Å². The van der Waals surface area contributed by atoms with E-state index < -0.39 is 0 Å². The van der Waals surface area contributed by atoms with Crippen LogP contribution in [0.25, 0.3) is 10.9 Å². The van der Waals surface area contributed by atoms with E-state index in [1.54, 1.807) is 6.92 Å². The van der Waals surface area contributed by atoms with E-state index in [0.29, 0.717) is 18.2 Å². The lowest BCUT2D eigenvalue weighted by Crippen LogP contribution is -2.47. The first-order valence-electron chi connectivity index (χ1n) is 9.51. The molecule has 1 aromatic heterocycles. The molecule has 4 heterocycles. The highest BCUT2D eigenvalue weighted by molar-refractivity contribution is 6.02. The molecule has 5 rings (SSSR count). The average molecular weight is 353 g/mol. The van der Waals surface area contributed by atoms with Crippen molar-refractivity contribution in [2.45, 2.75) is 46.6 Å². The van der Waals surface area contributed by atoms with E-state index in [-0.39, 0.29) is 17.9 Å². The maximum atomic E-state index is 13.4. The van der Waals surface area contributed by atoms with Gasteiger partial charge < -0.3 is 14.8 Å². The van der Waals surface area contributed by atoms with Crippen LogP contribution in [0.4, 0.5) is 0 Å². The normalized spacial score (nSPS) is 22.8. The molecule has 2 atom stereocenters. The molecular weight excluding hydrogens is 326 g/mol. The predicted octanol–water partition coefficient (Wildman–Crippen LogP) is 3.18. The fraction of sp³-hybridized carbons (Fsp3) is 0.524. The highest BCUT2D eigenvalue weighted by Crippen LogP contribution is 2.32. The highest BCUT2D eigenvalue weighted by Gasteiger charge is 2.39. The number of nitrogens with zero attached hydrogens (tertiary/aromatic N) is 2. The molecule has 0 aliphatic carbocycles. The molecule has 3 fully saturated rings. The quantitative estimate of drug-likeness (QED) is 0.856. The molecule has 5 nitrogen and oxygen atoms in total. The number of piperidine rings is 1. The summed E-state index contributed by atoms with van der Waals surface area (Å²) in [6, 6.07) is 4.42. The molecule has 0 radical (unpaired) electrons. The molecule has 2 bridgehead atoms. The van der Waals surface area contributed by atoms with Crippen LogP contribution in [0.15, 0.2) is 12.1 Å². The molecule has 3 aliphatic rings. The second kappa shape index (κ2) is 6.15. The number of hydrogen-bond acceptors (Lipinski definition) is 2. The van der Waals surface area contributed by atoms with Crippen LogP contribution in [0.3, 0.4) is 0 Å². The minimum absolute atomic E-state index is 0.0795. The van der Waals surface area contributed by atoms with Gasteiger partial charge in [0.1, 0.15) is 5.69 Å². The minimum atomic E-state index is 0.0795. The monoisotopic (exact) mass is 353 g/mol. The van der Waals surface area contributed by atoms with E-state index in [4.69, 9.17) is 0 Å². The third-order valence-electron chi connectivity index (χ3n) is 6.14. The Hall–Kier alpha value is -2.30. The van der Waals surface area contributed by atoms with Crippen molar-refractivity contribution in [1.29, 1.82) is 0 Å². The topological polar surface area (TPSA) is 56.4 Å². The third kappa shape index (κ3) is 2.70. The number of rotatable bonds is 1. The Morgan fingerprint density at radius 2 is 1.85 bits per heavy atom. The van der Waals surface area contributed by atoms with Crippen molar-refractivity contribution in [2.24, 2.45) is 5.92 Å². The van der Waals surface area contributed by atoms with E-state index >= 15 is 0 Å². The first kappa shape index (κ1) is 17.1. The number of amides is 2. The Morgan fingerprint density at radius 3 is 2.58 bits per heavy atom. The van der Waals surface area contributed by atoms with E-state index in [0.717, 1.165) is 42.4 Å². The van der Waals surface area contributed by atoms with E-state index in [2.05, 4.69) is 31.0 Å². The van der Waals surface area contributed by atoms with E-state index in [1.807, 2.05) is 16.7 Å². The van der Waals surface area contributed by atoms with Gasteiger partial charge >= 0.3 is 0 Å². The van der Waals surface area contributed by atoms with Crippen molar-refractivity contribution in [3.63, 3.8) is 0 Å². The number of hydrogen-bond donors (Lipinski definition) is 1. The van der Waals surface area contributed by atoms with Crippen molar-refractivity contribution in [3.05, 3.63) is 34.5 Å². The predicted molar refractivity (Wildman–Crippen MR) is 102 cm³/mol. The lowest BCUT2D eigenvalue weighted by atomic mass is 9.94. The first-order valence-corrected chi connectivity index (χ1v) is 9.51. The summed E-state index contributed by atoms with van der Waals surface area (Å²) < 4.78 is 0. The summed E-state index contributed by atoms with van der Waals surface area (Å²) in [4.78, 5) is 32.6. The summed E-state index contributed by atoms with van der Waals surface area (Å²) >= 11 is 0. The molecule has 2 amide bonds. The molecule has 138 valence electrons.